The van der Waals surface area contributed by atoms with Gasteiger partial charge in [-0.05, 0) is 57.2 Å². The molecule has 28 heavy (non-hydrogen) atoms. The average molecular weight is 453 g/mol. The van der Waals surface area contributed by atoms with Crippen molar-refractivity contribution in [3.63, 3.8) is 0 Å². The van der Waals surface area contributed by atoms with Crippen molar-refractivity contribution in [1.82, 2.24) is 15.0 Å². The normalized spacial score (nSPS) is 16.5. The van der Waals surface area contributed by atoms with Crippen LogP contribution in [0.5, 0.6) is 0 Å². The number of nitrogens with zero attached hydrogens (tertiary/aromatic N) is 4. The largest absolute Gasteiger partial charge is 0.444 e. The van der Waals surface area contributed by atoms with Crippen molar-refractivity contribution >= 4 is 49.9 Å². The molecule has 0 saturated heterocycles. The van der Waals surface area contributed by atoms with Crippen LogP contribution in [-0.4, -0.2) is 26.6 Å². The SMILES string of the molecule is O=C(c1ccc(Br)o1)N1N=C(c2cccs2)C[C@H]1c1ccc2nccnc2c1. The van der Waals surface area contributed by atoms with Crippen molar-refractivity contribution in [2.24, 2.45) is 5.10 Å². The summed E-state index contributed by atoms with van der Waals surface area (Å²) < 4.78 is 5.98. The molecule has 1 amide bonds. The maximum absolute atomic E-state index is 13.1. The maximum Gasteiger partial charge on any atom is 0.310 e. The van der Waals surface area contributed by atoms with Crippen molar-refractivity contribution in [3.05, 3.63) is 81.1 Å². The smallest absolute Gasteiger partial charge is 0.310 e. The van der Waals surface area contributed by atoms with Crippen LogP contribution in [0.25, 0.3) is 11.0 Å². The molecule has 8 heteroatoms. The predicted molar refractivity (Wildman–Crippen MR) is 110 cm³/mol. The second-order valence-electron chi connectivity index (χ2n) is 6.30. The predicted octanol–water partition coefficient (Wildman–Crippen LogP) is 5.04. The van der Waals surface area contributed by atoms with Crippen LogP contribution in [0, 0.1) is 0 Å². The Morgan fingerprint density at radius 1 is 1.14 bits per heavy atom. The molecule has 0 aliphatic carbocycles. The lowest BCUT2D eigenvalue weighted by molar-refractivity contribution is 0.0677. The van der Waals surface area contributed by atoms with E-state index < -0.39 is 0 Å². The molecular weight excluding hydrogens is 440 g/mol. The summed E-state index contributed by atoms with van der Waals surface area (Å²) in [5, 5.41) is 8.17. The summed E-state index contributed by atoms with van der Waals surface area (Å²) in [5.41, 5.74) is 3.45. The molecule has 0 fully saturated rings. The number of hydrogen-bond acceptors (Lipinski definition) is 6. The Kier molecular flexibility index (Phi) is 4.29. The van der Waals surface area contributed by atoms with E-state index in [2.05, 4.69) is 31.0 Å². The van der Waals surface area contributed by atoms with Crippen molar-refractivity contribution in [1.29, 1.82) is 0 Å². The number of amides is 1. The highest BCUT2D eigenvalue weighted by molar-refractivity contribution is 9.10. The minimum atomic E-state index is -0.276. The van der Waals surface area contributed by atoms with Gasteiger partial charge in [-0.2, -0.15) is 5.10 Å². The van der Waals surface area contributed by atoms with E-state index in [1.54, 1.807) is 35.9 Å². The van der Waals surface area contributed by atoms with Gasteiger partial charge in [0.05, 0.1) is 27.7 Å². The average Bonchev–Trinajstić information content (AvgIpc) is 3.47. The number of hydrazone groups is 1. The summed E-state index contributed by atoms with van der Waals surface area (Å²) in [6.45, 7) is 0. The molecule has 5 rings (SSSR count). The number of thiophene rings is 1. The molecule has 4 aromatic rings. The van der Waals surface area contributed by atoms with Crippen molar-refractivity contribution < 1.29 is 9.21 Å². The molecular formula is C20H13BrN4O2S. The van der Waals surface area contributed by atoms with E-state index in [0.717, 1.165) is 27.2 Å². The van der Waals surface area contributed by atoms with Crippen LogP contribution in [0.3, 0.4) is 0 Å². The monoisotopic (exact) mass is 452 g/mol. The Hall–Kier alpha value is -2.84. The van der Waals surface area contributed by atoms with E-state index in [1.165, 1.54) is 5.01 Å². The van der Waals surface area contributed by atoms with Gasteiger partial charge < -0.3 is 4.42 Å². The Balaban J connectivity index is 1.57. The molecule has 0 unspecified atom stereocenters. The van der Waals surface area contributed by atoms with Gasteiger partial charge in [-0.1, -0.05) is 12.1 Å². The second kappa shape index (κ2) is 6.96. The maximum atomic E-state index is 13.1. The van der Waals surface area contributed by atoms with Gasteiger partial charge in [0.25, 0.3) is 0 Å². The molecule has 138 valence electrons. The molecule has 0 radical (unpaired) electrons. The molecule has 3 aromatic heterocycles. The Labute approximate surface area is 172 Å². The zero-order valence-electron chi connectivity index (χ0n) is 14.4. The fourth-order valence-electron chi connectivity index (χ4n) is 3.28. The first-order valence-electron chi connectivity index (χ1n) is 8.60. The van der Waals surface area contributed by atoms with Crippen molar-refractivity contribution in [2.45, 2.75) is 12.5 Å². The van der Waals surface area contributed by atoms with Crippen LogP contribution < -0.4 is 0 Å². The number of hydrogen-bond donors (Lipinski definition) is 0. The fraction of sp³-hybridized carbons (Fsp3) is 0.100. The van der Waals surface area contributed by atoms with Gasteiger partial charge in [0, 0.05) is 18.8 Å². The minimum absolute atomic E-state index is 0.236. The molecule has 1 aliphatic rings. The summed E-state index contributed by atoms with van der Waals surface area (Å²) in [7, 11) is 0. The number of furan rings is 1. The Morgan fingerprint density at radius 2 is 2.00 bits per heavy atom. The van der Waals surface area contributed by atoms with E-state index >= 15 is 0 Å². The number of benzene rings is 1. The van der Waals surface area contributed by atoms with Crippen LogP contribution in [-0.2, 0) is 0 Å². The van der Waals surface area contributed by atoms with Gasteiger partial charge in [-0.15, -0.1) is 11.3 Å². The first kappa shape index (κ1) is 17.3. The summed E-state index contributed by atoms with van der Waals surface area (Å²) in [6.07, 6.45) is 3.96. The lowest BCUT2D eigenvalue weighted by Gasteiger charge is -2.21. The van der Waals surface area contributed by atoms with Crippen LogP contribution >= 0.6 is 27.3 Å². The molecule has 1 atom stereocenters. The van der Waals surface area contributed by atoms with Crippen LogP contribution in [0.1, 0.15) is 33.5 Å². The number of carbonyl (C=O) groups is 1. The molecule has 0 bridgehead atoms. The van der Waals surface area contributed by atoms with Gasteiger partial charge in [0.15, 0.2) is 10.4 Å². The summed E-state index contributed by atoms with van der Waals surface area (Å²) >= 11 is 4.86. The summed E-state index contributed by atoms with van der Waals surface area (Å²) in [6, 6.07) is 13.0. The second-order valence-corrected chi connectivity index (χ2v) is 8.03. The number of carbonyl (C=O) groups excluding carboxylic acids is 1. The Bertz CT molecular complexity index is 1200. The number of fused-ring (bicyclic) bond motifs is 1. The highest BCUT2D eigenvalue weighted by Gasteiger charge is 2.35. The van der Waals surface area contributed by atoms with Gasteiger partial charge >= 0.3 is 5.91 Å². The molecule has 0 N–H and O–H groups in total. The zero-order chi connectivity index (χ0) is 19.1. The van der Waals surface area contributed by atoms with E-state index in [-0.39, 0.29) is 17.7 Å². The van der Waals surface area contributed by atoms with Gasteiger partial charge in [-0.25, -0.2) is 5.01 Å². The highest BCUT2D eigenvalue weighted by Crippen LogP contribution is 2.36. The quantitative estimate of drug-likeness (QED) is 0.436. The molecule has 1 aliphatic heterocycles. The van der Waals surface area contributed by atoms with Gasteiger partial charge in [-0.3, -0.25) is 14.8 Å². The lowest BCUT2D eigenvalue weighted by atomic mass is 10.0. The third kappa shape index (κ3) is 3.04. The fourth-order valence-corrected chi connectivity index (χ4v) is 4.31. The van der Waals surface area contributed by atoms with E-state index in [4.69, 9.17) is 4.42 Å². The summed E-state index contributed by atoms with van der Waals surface area (Å²) in [4.78, 5) is 22.9. The zero-order valence-corrected chi connectivity index (χ0v) is 16.9. The topological polar surface area (TPSA) is 71.6 Å². The molecule has 1 aromatic carbocycles. The minimum Gasteiger partial charge on any atom is -0.444 e. The molecule has 6 nitrogen and oxygen atoms in total. The first-order valence-corrected chi connectivity index (χ1v) is 10.3. The van der Waals surface area contributed by atoms with E-state index in [1.807, 2.05) is 35.7 Å². The molecule has 4 heterocycles. The van der Waals surface area contributed by atoms with Crippen molar-refractivity contribution in [3.8, 4) is 0 Å². The Morgan fingerprint density at radius 3 is 2.75 bits per heavy atom. The standard InChI is InChI=1S/C20H13BrN4O2S/c21-19-6-5-17(27-19)20(26)25-16(11-15(24-25)18-2-1-9-28-18)12-3-4-13-14(10-12)23-8-7-22-13/h1-10,16H,11H2/t16-/m0/s1. The third-order valence-electron chi connectivity index (χ3n) is 4.59. The number of halogens is 1. The van der Waals surface area contributed by atoms with Crippen LogP contribution in [0.15, 0.2) is 74.4 Å². The first-order chi connectivity index (χ1) is 13.7. The lowest BCUT2D eigenvalue weighted by Crippen LogP contribution is -2.26. The van der Waals surface area contributed by atoms with E-state index in [0.29, 0.717) is 11.1 Å². The van der Waals surface area contributed by atoms with Gasteiger partial charge in [0.1, 0.15) is 0 Å². The molecule has 0 saturated carbocycles. The van der Waals surface area contributed by atoms with Crippen LogP contribution in [0.2, 0.25) is 0 Å². The molecule has 0 spiro atoms. The van der Waals surface area contributed by atoms with E-state index in [9.17, 15) is 4.79 Å². The number of rotatable bonds is 3. The van der Waals surface area contributed by atoms with Crippen molar-refractivity contribution in [2.75, 3.05) is 0 Å². The highest BCUT2D eigenvalue weighted by atomic mass is 79.9. The van der Waals surface area contributed by atoms with Gasteiger partial charge in [0.2, 0.25) is 0 Å². The van der Waals surface area contributed by atoms with Crippen LogP contribution in [0.4, 0.5) is 0 Å². The summed E-state index contributed by atoms with van der Waals surface area (Å²) in [5.74, 6) is -0.0323. The third-order valence-corrected chi connectivity index (χ3v) is 5.93. The number of aromatic nitrogens is 2.